The second kappa shape index (κ2) is 2.94. The van der Waals surface area contributed by atoms with Crippen LogP contribution in [0.15, 0.2) is 30.5 Å². The van der Waals surface area contributed by atoms with Gasteiger partial charge in [-0.2, -0.15) is 0 Å². The number of fused-ring (bicyclic) bond motifs is 1. The van der Waals surface area contributed by atoms with Gasteiger partial charge < -0.3 is 10.5 Å². The molecule has 1 amide bonds. The first-order valence-corrected chi connectivity index (χ1v) is 4.02. The number of rotatable bonds is 1. The zero-order valence-corrected chi connectivity index (χ0v) is 6.99. The number of carbonyl (C=O) groups is 1. The lowest BCUT2D eigenvalue weighted by molar-refractivity contribution is 0.0998. The van der Waals surface area contributed by atoms with Gasteiger partial charge in [0.25, 0.3) is 5.91 Å². The van der Waals surface area contributed by atoms with E-state index in [1.54, 1.807) is 18.4 Å². The molecular weight excluding hydrogens is 166 g/mol. The third kappa shape index (κ3) is 1.28. The van der Waals surface area contributed by atoms with E-state index < -0.39 is 5.91 Å². The fraction of sp³-hybridized carbons (Fsp3) is 0.100. The molecule has 0 fully saturated rings. The molecule has 3 heteroatoms. The van der Waals surface area contributed by atoms with Gasteiger partial charge in [0.05, 0.1) is 11.8 Å². The van der Waals surface area contributed by atoms with Gasteiger partial charge >= 0.3 is 0 Å². The Bertz CT molecular complexity index is 383. The molecule has 1 aliphatic heterocycles. The van der Waals surface area contributed by atoms with Crippen molar-refractivity contribution >= 4 is 5.91 Å². The highest BCUT2D eigenvalue weighted by atomic mass is 16.5. The molecule has 1 aliphatic rings. The summed E-state index contributed by atoms with van der Waals surface area (Å²) < 4.78 is 5.23. The summed E-state index contributed by atoms with van der Waals surface area (Å²) in [5.41, 5.74) is 6.64. The van der Waals surface area contributed by atoms with Gasteiger partial charge in [-0.05, 0) is 24.1 Å². The van der Waals surface area contributed by atoms with Gasteiger partial charge in [0.1, 0.15) is 5.75 Å². The van der Waals surface area contributed by atoms with E-state index in [4.69, 9.17) is 10.5 Å². The van der Waals surface area contributed by atoms with Crippen molar-refractivity contribution < 1.29 is 9.53 Å². The molecule has 1 aromatic carbocycles. The first-order chi connectivity index (χ1) is 6.29. The van der Waals surface area contributed by atoms with Crippen molar-refractivity contribution in [3.63, 3.8) is 0 Å². The lowest BCUT2D eigenvalue weighted by Crippen LogP contribution is -2.13. The van der Waals surface area contributed by atoms with E-state index in [2.05, 4.69) is 0 Å². The predicted molar refractivity (Wildman–Crippen MR) is 48.4 cm³/mol. The molecule has 13 heavy (non-hydrogen) atoms. The minimum atomic E-state index is -0.452. The van der Waals surface area contributed by atoms with Gasteiger partial charge in [-0.3, -0.25) is 4.79 Å². The highest BCUT2D eigenvalue weighted by Crippen LogP contribution is 2.27. The van der Waals surface area contributed by atoms with E-state index in [0.29, 0.717) is 11.3 Å². The largest absolute Gasteiger partial charge is 0.464 e. The predicted octanol–water partition coefficient (Wildman–Crippen LogP) is 1.23. The lowest BCUT2D eigenvalue weighted by atomic mass is 10.0. The van der Waals surface area contributed by atoms with Gasteiger partial charge in [0, 0.05) is 0 Å². The fourth-order valence-corrected chi connectivity index (χ4v) is 1.37. The Morgan fingerprint density at radius 2 is 2.31 bits per heavy atom. The van der Waals surface area contributed by atoms with E-state index in [1.807, 2.05) is 12.1 Å². The van der Waals surface area contributed by atoms with Crippen LogP contribution in [0.4, 0.5) is 0 Å². The van der Waals surface area contributed by atoms with Crippen molar-refractivity contribution in [2.75, 3.05) is 0 Å². The molecule has 1 aromatic rings. The molecule has 0 aliphatic carbocycles. The molecule has 0 spiro atoms. The normalized spacial score (nSPS) is 13.2. The maximum Gasteiger partial charge on any atom is 0.252 e. The average molecular weight is 175 g/mol. The molecule has 0 saturated carbocycles. The number of para-hydroxylation sites is 1. The van der Waals surface area contributed by atoms with E-state index in [9.17, 15) is 4.79 Å². The molecule has 0 saturated heterocycles. The van der Waals surface area contributed by atoms with Crippen LogP contribution in [0, 0.1) is 0 Å². The number of primary amides is 1. The SMILES string of the molecule is NC(=O)c1cccc2c1OC=CC2. The first-order valence-electron chi connectivity index (χ1n) is 4.02. The highest BCUT2D eigenvalue weighted by molar-refractivity contribution is 5.96. The lowest BCUT2D eigenvalue weighted by Gasteiger charge is -2.13. The molecule has 1 heterocycles. The van der Waals surface area contributed by atoms with Gasteiger partial charge in [0.15, 0.2) is 0 Å². The second-order valence-electron chi connectivity index (χ2n) is 2.85. The standard InChI is InChI=1S/C10H9NO2/c11-10(12)8-5-1-3-7-4-2-6-13-9(7)8/h1-3,5-6H,4H2,(H2,11,12). The Morgan fingerprint density at radius 3 is 3.08 bits per heavy atom. The average Bonchev–Trinajstić information content (AvgIpc) is 2.17. The quantitative estimate of drug-likeness (QED) is 0.698. The van der Waals surface area contributed by atoms with Crippen molar-refractivity contribution in [1.29, 1.82) is 0 Å². The van der Waals surface area contributed by atoms with Crippen LogP contribution in [0.1, 0.15) is 15.9 Å². The Hall–Kier alpha value is -1.77. The van der Waals surface area contributed by atoms with Crippen LogP contribution in [0.5, 0.6) is 5.75 Å². The van der Waals surface area contributed by atoms with E-state index in [-0.39, 0.29) is 0 Å². The van der Waals surface area contributed by atoms with Crippen LogP contribution in [0.2, 0.25) is 0 Å². The number of benzene rings is 1. The molecule has 2 rings (SSSR count). The zero-order chi connectivity index (χ0) is 9.26. The van der Waals surface area contributed by atoms with Gasteiger partial charge in [-0.25, -0.2) is 0 Å². The smallest absolute Gasteiger partial charge is 0.252 e. The van der Waals surface area contributed by atoms with Crippen molar-refractivity contribution in [3.05, 3.63) is 41.7 Å². The maximum absolute atomic E-state index is 11.0. The zero-order valence-electron chi connectivity index (χ0n) is 6.99. The number of nitrogens with two attached hydrogens (primary N) is 1. The first kappa shape index (κ1) is 7.86. The summed E-state index contributed by atoms with van der Waals surface area (Å²) in [4.78, 5) is 11.0. The number of ether oxygens (including phenoxy) is 1. The van der Waals surface area contributed by atoms with Crippen molar-refractivity contribution in [3.8, 4) is 5.75 Å². The molecular formula is C10H9NO2. The van der Waals surface area contributed by atoms with E-state index in [1.165, 1.54) is 0 Å². The molecule has 0 bridgehead atoms. The summed E-state index contributed by atoms with van der Waals surface area (Å²) in [5.74, 6) is 0.143. The summed E-state index contributed by atoms with van der Waals surface area (Å²) in [6.07, 6.45) is 4.26. The monoisotopic (exact) mass is 175 g/mol. The summed E-state index contributed by atoms with van der Waals surface area (Å²) in [6.45, 7) is 0. The fourth-order valence-electron chi connectivity index (χ4n) is 1.37. The number of hydrogen-bond acceptors (Lipinski definition) is 2. The topological polar surface area (TPSA) is 52.3 Å². The van der Waals surface area contributed by atoms with Gasteiger partial charge in [-0.15, -0.1) is 0 Å². The van der Waals surface area contributed by atoms with Crippen molar-refractivity contribution in [1.82, 2.24) is 0 Å². The van der Waals surface area contributed by atoms with Gasteiger partial charge in [0.2, 0.25) is 0 Å². The van der Waals surface area contributed by atoms with Crippen LogP contribution >= 0.6 is 0 Å². The minimum Gasteiger partial charge on any atom is -0.464 e. The maximum atomic E-state index is 11.0. The molecule has 0 radical (unpaired) electrons. The highest BCUT2D eigenvalue weighted by Gasteiger charge is 2.14. The van der Waals surface area contributed by atoms with Crippen LogP contribution in [0.3, 0.4) is 0 Å². The third-order valence-corrected chi connectivity index (χ3v) is 1.98. The molecule has 0 unspecified atom stereocenters. The Balaban J connectivity index is 2.55. The summed E-state index contributed by atoms with van der Waals surface area (Å²) >= 11 is 0. The Labute approximate surface area is 75.8 Å². The Morgan fingerprint density at radius 1 is 1.46 bits per heavy atom. The van der Waals surface area contributed by atoms with Crippen LogP contribution in [0.25, 0.3) is 0 Å². The van der Waals surface area contributed by atoms with Crippen LogP contribution < -0.4 is 10.5 Å². The molecule has 0 atom stereocenters. The second-order valence-corrected chi connectivity index (χ2v) is 2.85. The van der Waals surface area contributed by atoms with E-state index >= 15 is 0 Å². The van der Waals surface area contributed by atoms with E-state index in [0.717, 1.165) is 12.0 Å². The summed E-state index contributed by atoms with van der Waals surface area (Å²) in [7, 11) is 0. The number of carbonyl (C=O) groups excluding carboxylic acids is 1. The third-order valence-electron chi connectivity index (χ3n) is 1.98. The van der Waals surface area contributed by atoms with Crippen molar-refractivity contribution in [2.24, 2.45) is 5.73 Å². The number of amides is 1. The Kier molecular flexibility index (Phi) is 1.77. The molecule has 2 N–H and O–H groups in total. The van der Waals surface area contributed by atoms with Gasteiger partial charge in [-0.1, -0.05) is 12.1 Å². The molecule has 66 valence electrons. The number of hydrogen-bond donors (Lipinski definition) is 1. The number of allylic oxidation sites excluding steroid dienone is 1. The summed E-state index contributed by atoms with van der Waals surface area (Å²) in [6, 6.07) is 5.40. The molecule has 0 aromatic heterocycles. The molecule has 3 nitrogen and oxygen atoms in total. The van der Waals surface area contributed by atoms with Crippen LogP contribution in [-0.2, 0) is 6.42 Å². The van der Waals surface area contributed by atoms with Crippen LogP contribution in [-0.4, -0.2) is 5.91 Å². The minimum absolute atomic E-state index is 0.446. The van der Waals surface area contributed by atoms with Crippen molar-refractivity contribution in [2.45, 2.75) is 6.42 Å². The summed E-state index contributed by atoms with van der Waals surface area (Å²) in [5, 5.41) is 0.